The first-order valence-electron chi connectivity index (χ1n) is 5.29. The van der Waals surface area contributed by atoms with Crippen LogP contribution >= 0.6 is 11.3 Å². The summed E-state index contributed by atoms with van der Waals surface area (Å²) in [5.41, 5.74) is 0.0351. The van der Waals surface area contributed by atoms with Crippen molar-refractivity contribution in [1.82, 2.24) is 0 Å². The van der Waals surface area contributed by atoms with Gasteiger partial charge in [0.2, 0.25) is 0 Å². The van der Waals surface area contributed by atoms with Crippen LogP contribution in [0.4, 0.5) is 13.2 Å². The molecule has 1 aromatic carbocycles. The largest absolute Gasteiger partial charge is 0.416 e. The van der Waals surface area contributed by atoms with Gasteiger partial charge in [0.25, 0.3) is 0 Å². The van der Waals surface area contributed by atoms with Crippen molar-refractivity contribution in [3.63, 3.8) is 0 Å². The molecule has 0 aliphatic rings. The first-order chi connectivity index (χ1) is 8.40. The monoisotopic (exact) mass is 272 g/mol. The van der Waals surface area contributed by atoms with Gasteiger partial charge in [-0.15, -0.1) is 11.3 Å². The second-order valence-corrected chi connectivity index (χ2v) is 5.27. The van der Waals surface area contributed by atoms with Crippen molar-refractivity contribution in [2.45, 2.75) is 19.7 Å². The van der Waals surface area contributed by atoms with Gasteiger partial charge in [-0.1, -0.05) is 0 Å². The Morgan fingerprint density at radius 1 is 1.17 bits per heavy atom. The number of benzene rings is 1. The average molecular weight is 272 g/mol. The van der Waals surface area contributed by atoms with Crippen molar-refractivity contribution < 1.29 is 18.3 Å². The van der Waals surface area contributed by atoms with Crippen molar-refractivity contribution in [2.75, 3.05) is 0 Å². The molecule has 0 unspecified atom stereocenters. The van der Waals surface area contributed by atoms with Crippen LogP contribution in [0.1, 0.15) is 16.0 Å². The molecule has 0 spiro atoms. The maximum atomic E-state index is 12.7. The molecule has 0 amide bonds. The van der Waals surface area contributed by atoms with Crippen molar-refractivity contribution >= 4 is 11.3 Å². The average Bonchev–Trinajstić information content (AvgIpc) is 2.74. The number of aliphatic hydroxyl groups is 1. The second kappa shape index (κ2) is 4.74. The zero-order chi connectivity index (χ0) is 13.3. The number of hydrogen-bond donors (Lipinski definition) is 1. The number of rotatable bonds is 2. The molecule has 0 aliphatic heterocycles. The maximum Gasteiger partial charge on any atom is 0.416 e. The van der Waals surface area contributed by atoms with Crippen LogP contribution in [0.25, 0.3) is 10.4 Å². The minimum Gasteiger partial charge on any atom is -0.392 e. The van der Waals surface area contributed by atoms with Gasteiger partial charge in [0, 0.05) is 9.75 Å². The van der Waals surface area contributed by atoms with Crippen molar-refractivity contribution in [2.24, 2.45) is 0 Å². The molecule has 1 heterocycles. The molecule has 0 atom stereocenters. The van der Waals surface area contributed by atoms with Crippen LogP contribution in [0.5, 0.6) is 0 Å². The number of halogens is 3. The van der Waals surface area contributed by atoms with Crippen LogP contribution in [-0.4, -0.2) is 5.11 Å². The number of alkyl halides is 3. The summed E-state index contributed by atoms with van der Waals surface area (Å²) < 4.78 is 38.2. The van der Waals surface area contributed by atoms with Crippen LogP contribution < -0.4 is 0 Å². The Hall–Kier alpha value is -1.33. The third kappa shape index (κ3) is 2.73. The van der Waals surface area contributed by atoms with Crippen LogP contribution in [0.3, 0.4) is 0 Å². The highest BCUT2D eigenvalue weighted by Gasteiger charge is 2.31. The molecule has 5 heteroatoms. The summed E-state index contributed by atoms with van der Waals surface area (Å²) in [7, 11) is 0. The predicted molar refractivity (Wildman–Crippen MR) is 65.4 cm³/mol. The zero-order valence-corrected chi connectivity index (χ0v) is 10.4. The molecule has 2 rings (SSSR count). The minimum atomic E-state index is -4.40. The lowest BCUT2D eigenvalue weighted by Crippen LogP contribution is -2.06. The molecule has 18 heavy (non-hydrogen) atoms. The summed E-state index contributed by atoms with van der Waals surface area (Å²) in [5.74, 6) is 0. The van der Waals surface area contributed by atoms with Gasteiger partial charge in [0.05, 0.1) is 12.2 Å². The summed E-state index contributed by atoms with van der Waals surface area (Å²) in [6, 6.07) is 7.32. The lowest BCUT2D eigenvalue weighted by molar-refractivity contribution is -0.137. The zero-order valence-electron chi connectivity index (χ0n) is 9.58. The summed E-state index contributed by atoms with van der Waals surface area (Å²) in [4.78, 5) is 1.81. The molecular weight excluding hydrogens is 261 g/mol. The number of thiophene rings is 1. The van der Waals surface area contributed by atoms with Gasteiger partial charge in [-0.2, -0.15) is 13.2 Å². The van der Waals surface area contributed by atoms with E-state index >= 15 is 0 Å². The number of aryl methyl sites for hydroxylation is 1. The number of aliphatic hydroxyl groups excluding tert-OH is 1. The van der Waals surface area contributed by atoms with E-state index in [1.807, 2.05) is 13.0 Å². The fraction of sp³-hybridized carbons (Fsp3) is 0.231. The molecule has 2 aromatic rings. The highest BCUT2D eigenvalue weighted by atomic mass is 32.1. The van der Waals surface area contributed by atoms with Crippen molar-refractivity contribution in [1.29, 1.82) is 0 Å². The Kier molecular flexibility index (Phi) is 3.45. The quantitative estimate of drug-likeness (QED) is 0.867. The molecule has 1 N–H and O–H groups in total. The smallest absolute Gasteiger partial charge is 0.392 e. The van der Waals surface area contributed by atoms with E-state index in [9.17, 15) is 13.2 Å². The van der Waals surface area contributed by atoms with Gasteiger partial charge in [0.15, 0.2) is 0 Å². The third-order valence-corrected chi connectivity index (χ3v) is 3.58. The Labute approximate surface area is 107 Å². The fourth-order valence-corrected chi connectivity index (χ4v) is 2.53. The molecule has 0 saturated carbocycles. The van der Waals surface area contributed by atoms with Gasteiger partial charge >= 0.3 is 6.18 Å². The first kappa shape index (κ1) is 13.1. The maximum absolute atomic E-state index is 12.7. The second-order valence-electron chi connectivity index (χ2n) is 3.98. The topological polar surface area (TPSA) is 20.2 Å². The van der Waals surface area contributed by atoms with Crippen LogP contribution in [-0.2, 0) is 12.8 Å². The molecule has 1 aromatic heterocycles. The number of hydrogen-bond acceptors (Lipinski definition) is 2. The van der Waals surface area contributed by atoms with E-state index in [4.69, 9.17) is 5.11 Å². The molecule has 1 nitrogen and oxygen atoms in total. The van der Waals surface area contributed by atoms with Crippen molar-refractivity contribution in [3.8, 4) is 10.4 Å². The van der Waals surface area contributed by atoms with E-state index < -0.39 is 18.3 Å². The van der Waals surface area contributed by atoms with Crippen molar-refractivity contribution in [3.05, 3.63) is 46.3 Å². The van der Waals surface area contributed by atoms with Crippen LogP contribution in [0.2, 0.25) is 0 Å². The highest BCUT2D eigenvalue weighted by Crippen LogP contribution is 2.35. The molecule has 0 saturated heterocycles. The molecule has 0 fully saturated rings. The van der Waals surface area contributed by atoms with Gasteiger partial charge in [-0.05, 0) is 48.4 Å². The van der Waals surface area contributed by atoms with Gasteiger partial charge in [-0.3, -0.25) is 0 Å². The Morgan fingerprint density at radius 3 is 2.39 bits per heavy atom. The van der Waals surface area contributed by atoms with E-state index in [-0.39, 0.29) is 5.56 Å². The summed E-state index contributed by atoms with van der Waals surface area (Å²) in [5, 5.41) is 9.04. The van der Waals surface area contributed by atoms with E-state index in [0.717, 1.165) is 21.9 Å². The molecule has 96 valence electrons. The van der Waals surface area contributed by atoms with Gasteiger partial charge in [0.1, 0.15) is 0 Å². The Bertz CT molecular complexity index is 558. The molecule has 0 bridgehead atoms. The van der Waals surface area contributed by atoms with E-state index in [1.54, 1.807) is 12.1 Å². The summed E-state index contributed by atoms with van der Waals surface area (Å²) in [6.45, 7) is 1.50. The van der Waals surface area contributed by atoms with Crippen LogP contribution in [0, 0.1) is 6.92 Å². The Morgan fingerprint density at radius 2 is 1.89 bits per heavy atom. The van der Waals surface area contributed by atoms with Gasteiger partial charge in [-0.25, -0.2) is 0 Å². The highest BCUT2D eigenvalue weighted by molar-refractivity contribution is 7.15. The van der Waals surface area contributed by atoms with Crippen LogP contribution in [0.15, 0.2) is 30.3 Å². The summed E-state index contributed by atoms with van der Waals surface area (Å²) >= 11 is 1.43. The normalized spacial score (nSPS) is 11.8. The van der Waals surface area contributed by atoms with Gasteiger partial charge < -0.3 is 5.11 Å². The van der Waals surface area contributed by atoms with E-state index in [2.05, 4.69) is 0 Å². The lowest BCUT2D eigenvalue weighted by Gasteiger charge is -2.10. The Balaban J connectivity index is 2.54. The molecular formula is C13H11F3OS. The van der Waals surface area contributed by atoms with E-state index in [1.165, 1.54) is 11.3 Å². The fourth-order valence-electron chi connectivity index (χ4n) is 1.68. The van der Waals surface area contributed by atoms with E-state index in [0.29, 0.717) is 5.56 Å². The SMILES string of the molecule is Cc1ccc(-c2cc(CO)cc(C(F)(F)F)c2)s1. The molecule has 0 aliphatic carbocycles. The summed E-state index contributed by atoms with van der Waals surface area (Å²) in [6.07, 6.45) is -4.40. The predicted octanol–water partition coefficient (Wildman–Crippen LogP) is 4.23. The standard InChI is InChI=1S/C13H11F3OS/c1-8-2-3-12(18-8)10-4-9(7-17)5-11(6-10)13(14,15)16/h2-6,17H,7H2,1H3. The lowest BCUT2D eigenvalue weighted by atomic mass is 10.0. The third-order valence-electron chi connectivity index (χ3n) is 2.53. The first-order valence-corrected chi connectivity index (χ1v) is 6.10. The molecule has 0 radical (unpaired) electrons. The minimum absolute atomic E-state index is 0.269.